The van der Waals surface area contributed by atoms with Gasteiger partial charge in [0.25, 0.3) is 0 Å². The molecule has 116 valence electrons. The summed E-state index contributed by atoms with van der Waals surface area (Å²) in [6.45, 7) is 7.37. The van der Waals surface area contributed by atoms with Crippen molar-refractivity contribution >= 4 is 6.03 Å². The molecule has 0 unspecified atom stereocenters. The number of aryl methyl sites for hydroxylation is 1. The number of nitrogens with one attached hydrogen (secondary N) is 1. The van der Waals surface area contributed by atoms with Crippen molar-refractivity contribution in [3.05, 3.63) is 35.4 Å². The number of urea groups is 1. The average Bonchev–Trinajstić information content (AvgIpc) is 3.27. The lowest BCUT2D eigenvalue weighted by molar-refractivity contribution is 0.172. The van der Waals surface area contributed by atoms with Crippen LogP contribution in [0, 0.1) is 6.92 Å². The SMILES string of the molecule is Cc1cccc(C(C)(C)CNC(=O)N(CCO)C2CC2)c1. The van der Waals surface area contributed by atoms with Crippen molar-refractivity contribution in [2.75, 3.05) is 19.7 Å². The van der Waals surface area contributed by atoms with E-state index in [9.17, 15) is 4.79 Å². The maximum atomic E-state index is 12.3. The predicted molar refractivity (Wildman–Crippen MR) is 84.4 cm³/mol. The van der Waals surface area contributed by atoms with Crippen LogP contribution < -0.4 is 5.32 Å². The normalized spacial score (nSPS) is 14.9. The molecule has 2 rings (SSSR count). The number of amides is 2. The Hall–Kier alpha value is -1.55. The van der Waals surface area contributed by atoms with Gasteiger partial charge in [-0.05, 0) is 25.3 Å². The summed E-state index contributed by atoms with van der Waals surface area (Å²) in [7, 11) is 0. The van der Waals surface area contributed by atoms with E-state index in [2.05, 4.69) is 50.4 Å². The first-order chi connectivity index (χ1) is 9.94. The van der Waals surface area contributed by atoms with Gasteiger partial charge in [-0.15, -0.1) is 0 Å². The van der Waals surface area contributed by atoms with Gasteiger partial charge in [0.1, 0.15) is 0 Å². The Morgan fingerprint density at radius 2 is 2.14 bits per heavy atom. The molecule has 2 amide bonds. The van der Waals surface area contributed by atoms with Gasteiger partial charge in [0.05, 0.1) is 6.61 Å². The molecule has 21 heavy (non-hydrogen) atoms. The third-order valence-electron chi connectivity index (χ3n) is 4.07. The fourth-order valence-electron chi connectivity index (χ4n) is 2.51. The molecule has 1 aromatic carbocycles. The molecule has 4 nitrogen and oxygen atoms in total. The van der Waals surface area contributed by atoms with Gasteiger partial charge >= 0.3 is 6.03 Å². The third kappa shape index (κ3) is 4.21. The molecule has 1 aliphatic rings. The molecule has 0 saturated heterocycles. The number of carbonyl (C=O) groups is 1. The van der Waals surface area contributed by atoms with E-state index in [0.29, 0.717) is 19.1 Å². The molecule has 0 heterocycles. The zero-order chi connectivity index (χ0) is 15.5. The molecular weight excluding hydrogens is 264 g/mol. The molecular formula is C17H26N2O2. The standard InChI is InChI=1S/C17H26N2O2/c1-13-5-4-6-14(11-13)17(2,3)12-18-16(21)19(9-10-20)15-7-8-15/h4-6,11,15,20H,7-10,12H2,1-3H3,(H,18,21). The monoisotopic (exact) mass is 290 g/mol. The van der Waals surface area contributed by atoms with E-state index in [1.54, 1.807) is 4.90 Å². The summed E-state index contributed by atoms with van der Waals surface area (Å²) in [6.07, 6.45) is 2.10. The lowest BCUT2D eigenvalue weighted by atomic mass is 9.84. The van der Waals surface area contributed by atoms with E-state index < -0.39 is 0 Å². The molecule has 0 atom stereocenters. The fraction of sp³-hybridized carbons (Fsp3) is 0.588. The Labute approximate surface area is 127 Å². The van der Waals surface area contributed by atoms with Crippen LogP contribution in [0.4, 0.5) is 4.79 Å². The van der Waals surface area contributed by atoms with E-state index in [-0.39, 0.29) is 18.1 Å². The average molecular weight is 290 g/mol. The molecule has 0 spiro atoms. The zero-order valence-electron chi connectivity index (χ0n) is 13.2. The quantitative estimate of drug-likeness (QED) is 0.845. The molecule has 1 aliphatic carbocycles. The van der Waals surface area contributed by atoms with Crippen molar-refractivity contribution in [1.29, 1.82) is 0 Å². The van der Waals surface area contributed by atoms with Crippen molar-refractivity contribution in [3.8, 4) is 0 Å². The number of hydrogen-bond donors (Lipinski definition) is 2. The summed E-state index contributed by atoms with van der Waals surface area (Å²) >= 11 is 0. The summed E-state index contributed by atoms with van der Waals surface area (Å²) in [5.74, 6) is 0. The summed E-state index contributed by atoms with van der Waals surface area (Å²) in [5.41, 5.74) is 2.34. The number of hydrogen-bond acceptors (Lipinski definition) is 2. The highest BCUT2D eigenvalue weighted by molar-refractivity contribution is 5.75. The van der Waals surface area contributed by atoms with Crippen LogP contribution in [0.25, 0.3) is 0 Å². The summed E-state index contributed by atoms with van der Waals surface area (Å²) in [6, 6.07) is 8.65. The highest BCUT2D eigenvalue weighted by Gasteiger charge is 2.32. The van der Waals surface area contributed by atoms with Gasteiger partial charge in [-0.25, -0.2) is 4.79 Å². The molecule has 0 aliphatic heterocycles. The number of aliphatic hydroxyl groups is 1. The molecule has 0 aromatic heterocycles. The molecule has 4 heteroatoms. The van der Waals surface area contributed by atoms with Crippen LogP contribution in [-0.4, -0.2) is 41.8 Å². The second-order valence-corrected chi connectivity index (χ2v) is 6.56. The van der Waals surface area contributed by atoms with E-state index in [1.807, 2.05) is 0 Å². The first kappa shape index (κ1) is 15.8. The number of nitrogens with zero attached hydrogens (tertiary/aromatic N) is 1. The Bertz CT molecular complexity index is 495. The molecule has 1 fully saturated rings. The Morgan fingerprint density at radius 1 is 1.43 bits per heavy atom. The summed E-state index contributed by atoms with van der Waals surface area (Å²) in [5, 5.41) is 12.1. The molecule has 1 aromatic rings. The van der Waals surface area contributed by atoms with Gasteiger partial charge in [0.2, 0.25) is 0 Å². The Morgan fingerprint density at radius 3 is 2.71 bits per heavy atom. The molecule has 0 radical (unpaired) electrons. The van der Waals surface area contributed by atoms with Crippen LogP contribution >= 0.6 is 0 Å². The largest absolute Gasteiger partial charge is 0.395 e. The van der Waals surface area contributed by atoms with Gasteiger partial charge in [-0.2, -0.15) is 0 Å². The van der Waals surface area contributed by atoms with Crippen molar-refractivity contribution in [2.24, 2.45) is 0 Å². The van der Waals surface area contributed by atoms with Gasteiger partial charge in [-0.3, -0.25) is 0 Å². The minimum absolute atomic E-state index is 0.0190. The minimum Gasteiger partial charge on any atom is -0.395 e. The van der Waals surface area contributed by atoms with Crippen LogP contribution in [0.1, 0.15) is 37.8 Å². The lowest BCUT2D eigenvalue weighted by Crippen LogP contribution is -2.46. The molecule has 1 saturated carbocycles. The number of rotatable bonds is 6. The van der Waals surface area contributed by atoms with Crippen LogP contribution in [0.3, 0.4) is 0 Å². The number of aliphatic hydroxyl groups excluding tert-OH is 1. The second-order valence-electron chi connectivity index (χ2n) is 6.56. The Balaban J connectivity index is 1.95. The maximum absolute atomic E-state index is 12.3. The minimum atomic E-state index is -0.115. The smallest absolute Gasteiger partial charge is 0.317 e. The first-order valence-corrected chi connectivity index (χ1v) is 7.66. The van der Waals surface area contributed by atoms with Crippen LogP contribution in [0.5, 0.6) is 0 Å². The third-order valence-corrected chi connectivity index (χ3v) is 4.07. The van der Waals surface area contributed by atoms with Crippen molar-refractivity contribution in [3.63, 3.8) is 0 Å². The van der Waals surface area contributed by atoms with Crippen LogP contribution in [0.15, 0.2) is 24.3 Å². The highest BCUT2D eigenvalue weighted by Crippen LogP contribution is 2.27. The van der Waals surface area contributed by atoms with E-state index in [0.717, 1.165) is 12.8 Å². The highest BCUT2D eigenvalue weighted by atomic mass is 16.3. The fourth-order valence-corrected chi connectivity index (χ4v) is 2.51. The van der Waals surface area contributed by atoms with Crippen molar-refractivity contribution in [1.82, 2.24) is 10.2 Å². The van der Waals surface area contributed by atoms with Crippen LogP contribution in [-0.2, 0) is 5.41 Å². The topological polar surface area (TPSA) is 52.6 Å². The van der Waals surface area contributed by atoms with Crippen molar-refractivity contribution < 1.29 is 9.90 Å². The predicted octanol–water partition coefficient (Wildman–Crippen LogP) is 2.44. The molecule has 0 bridgehead atoms. The second kappa shape index (κ2) is 6.48. The van der Waals surface area contributed by atoms with Gasteiger partial charge in [0, 0.05) is 24.5 Å². The lowest BCUT2D eigenvalue weighted by Gasteiger charge is -2.29. The van der Waals surface area contributed by atoms with E-state index in [4.69, 9.17) is 5.11 Å². The zero-order valence-corrected chi connectivity index (χ0v) is 13.2. The summed E-state index contributed by atoms with van der Waals surface area (Å²) < 4.78 is 0. The number of benzene rings is 1. The van der Waals surface area contributed by atoms with Crippen LogP contribution in [0.2, 0.25) is 0 Å². The summed E-state index contributed by atoms with van der Waals surface area (Å²) in [4.78, 5) is 14.0. The van der Waals surface area contributed by atoms with Gasteiger partial charge in [-0.1, -0.05) is 43.7 Å². The van der Waals surface area contributed by atoms with E-state index >= 15 is 0 Å². The number of carbonyl (C=O) groups excluding carboxylic acids is 1. The van der Waals surface area contributed by atoms with Crippen molar-refractivity contribution in [2.45, 2.75) is 45.1 Å². The van der Waals surface area contributed by atoms with E-state index in [1.165, 1.54) is 11.1 Å². The van der Waals surface area contributed by atoms with Gasteiger partial charge in [0.15, 0.2) is 0 Å². The van der Waals surface area contributed by atoms with Gasteiger partial charge < -0.3 is 15.3 Å². The Kier molecular flexibility index (Phi) is 4.88. The molecule has 2 N–H and O–H groups in total. The maximum Gasteiger partial charge on any atom is 0.317 e. The first-order valence-electron chi connectivity index (χ1n) is 7.66.